The summed E-state index contributed by atoms with van der Waals surface area (Å²) in [7, 11) is 0. The predicted molar refractivity (Wildman–Crippen MR) is 71.2 cm³/mol. The highest BCUT2D eigenvalue weighted by Crippen LogP contribution is 2.21. The zero-order valence-electron chi connectivity index (χ0n) is 9.85. The molecule has 0 fully saturated rings. The van der Waals surface area contributed by atoms with Crippen molar-refractivity contribution in [2.45, 2.75) is 19.8 Å². The number of hydrogen-bond acceptors (Lipinski definition) is 5. The van der Waals surface area contributed by atoms with Gasteiger partial charge in [0.05, 0.1) is 18.1 Å². The Kier molecular flexibility index (Phi) is 3.88. The van der Waals surface area contributed by atoms with Crippen LogP contribution in [0.1, 0.15) is 35.9 Å². The lowest BCUT2D eigenvalue weighted by molar-refractivity contribution is 0.102. The second kappa shape index (κ2) is 5.41. The maximum atomic E-state index is 11.8. The molecule has 2 aromatic heterocycles. The molecule has 1 N–H and O–H groups in total. The Morgan fingerprint density at radius 3 is 2.78 bits per heavy atom. The largest absolute Gasteiger partial charge is 0.296 e. The Bertz CT molecular complexity index is 570. The van der Waals surface area contributed by atoms with Crippen LogP contribution in [0.15, 0.2) is 17.8 Å². The van der Waals surface area contributed by atoms with Gasteiger partial charge in [0.25, 0.3) is 5.91 Å². The SMILES string of the molecule is CC(C)c1csc(NC(=O)c2cncc(Cl)n2)n1. The third kappa shape index (κ3) is 3.02. The van der Waals surface area contributed by atoms with Crippen LogP contribution in [0.4, 0.5) is 5.13 Å². The van der Waals surface area contributed by atoms with Crippen LogP contribution in [0.25, 0.3) is 0 Å². The van der Waals surface area contributed by atoms with E-state index in [0.29, 0.717) is 11.0 Å². The first kappa shape index (κ1) is 12.9. The van der Waals surface area contributed by atoms with E-state index >= 15 is 0 Å². The molecule has 5 nitrogen and oxygen atoms in total. The van der Waals surface area contributed by atoms with E-state index in [9.17, 15) is 4.79 Å². The van der Waals surface area contributed by atoms with E-state index in [1.165, 1.54) is 23.7 Å². The van der Waals surface area contributed by atoms with Crippen molar-refractivity contribution in [3.63, 3.8) is 0 Å². The number of rotatable bonds is 3. The molecule has 94 valence electrons. The average molecular weight is 283 g/mol. The standard InChI is InChI=1S/C11H11ClN4OS/c1-6(2)8-5-18-11(15-8)16-10(17)7-3-13-4-9(12)14-7/h3-6H,1-2H3,(H,15,16,17). The lowest BCUT2D eigenvalue weighted by Crippen LogP contribution is -2.14. The van der Waals surface area contributed by atoms with E-state index in [1.807, 2.05) is 19.2 Å². The number of halogens is 1. The summed E-state index contributed by atoms with van der Waals surface area (Å²) in [6, 6.07) is 0. The van der Waals surface area contributed by atoms with Gasteiger partial charge in [0.15, 0.2) is 5.13 Å². The average Bonchev–Trinajstić information content (AvgIpc) is 2.77. The van der Waals surface area contributed by atoms with Crippen molar-refractivity contribution >= 4 is 34.0 Å². The third-order valence-corrected chi connectivity index (χ3v) is 3.13. The number of carbonyl (C=O) groups excluding carboxylic acids is 1. The molecule has 0 saturated heterocycles. The normalized spacial score (nSPS) is 10.7. The maximum Gasteiger partial charge on any atom is 0.277 e. The Balaban J connectivity index is 2.11. The number of aromatic nitrogens is 3. The van der Waals surface area contributed by atoms with Gasteiger partial charge in [-0.3, -0.25) is 15.1 Å². The predicted octanol–water partition coefficient (Wildman–Crippen LogP) is 2.96. The smallest absolute Gasteiger partial charge is 0.277 e. The quantitative estimate of drug-likeness (QED) is 0.940. The lowest BCUT2D eigenvalue weighted by atomic mass is 10.2. The molecule has 0 saturated carbocycles. The van der Waals surface area contributed by atoms with Crippen molar-refractivity contribution < 1.29 is 4.79 Å². The van der Waals surface area contributed by atoms with Crippen molar-refractivity contribution in [3.8, 4) is 0 Å². The first-order chi connectivity index (χ1) is 8.56. The highest BCUT2D eigenvalue weighted by molar-refractivity contribution is 7.14. The summed E-state index contributed by atoms with van der Waals surface area (Å²) in [4.78, 5) is 23.8. The fraction of sp³-hybridized carbons (Fsp3) is 0.273. The number of carbonyl (C=O) groups is 1. The second-order valence-electron chi connectivity index (χ2n) is 3.91. The van der Waals surface area contributed by atoms with Gasteiger partial charge in [-0.05, 0) is 5.92 Å². The molecular formula is C11H11ClN4OS. The molecule has 2 aromatic rings. The molecule has 0 aromatic carbocycles. The minimum atomic E-state index is -0.366. The Morgan fingerprint density at radius 2 is 2.17 bits per heavy atom. The maximum absolute atomic E-state index is 11.8. The highest BCUT2D eigenvalue weighted by Gasteiger charge is 2.12. The molecule has 0 atom stereocenters. The molecule has 18 heavy (non-hydrogen) atoms. The number of amides is 1. The van der Waals surface area contributed by atoms with E-state index in [1.54, 1.807) is 0 Å². The van der Waals surface area contributed by atoms with E-state index < -0.39 is 0 Å². The molecule has 0 aliphatic carbocycles. The van der Waals surface area contributed by atoms with Gasteiger partial charge in [0, 0.05) is 5.38 Å². The van der Waals surface area contributed by atoms with Crippen LogP contribution in [0.2, 0.25) is 5.15 Å². The van der Waals surface area contributed by atoms with Crippen molar-refractivity contribution in [1.82, 2.24) is 15.0 Å². The van der Waals surface area contributed by atoms with Crippen molar-refractivity contribution in [2.24, 2.45) is 0 Å². The van der Waals surface area contributed by atoms with Gasteiger partial charge in [0.1, 0.15) is 10.8 Å². The van der Waals surface area contributed by atoms with Crippen molar-refractivity contribution in [1.29, 1.82) is 0 Å². The van der Waals surface area contributed by atoms with E-state index in [2.05, 4.69) is 20.3 Å². The Labute approximate surface area is 113 Å². The minimum Gasteiger partial charge on any atom is -0.296 e. The van der Waals surface area contributed by atoms with Crippen LogP contribution >= 0.6 is 22.9 Å². The van der Waals surface area contributed by atoms with Crippen LogP contribution in [-0.4, -0.2) is 20.9 Å². The molecule has 0 unspecified atom stereocenters. The molecule has 0 aliphatic rings. The molecule has 1 amide bonds. The van der Waals surface area contributed by atoms with Crippen LogP contribution < -0.4 is 5.32 Å². The summed E-state index contributed by atoms with van der Waals surface area (Å²) in [6.07, 6.45) is 2.73. The molecule has 7 heteroatoms. The fourth-order valence-electron chi connectivity index (χ4n) is 1.22. The first-order valence-corrected chi connectivity index (χ1v) is 6.56. The third-order valence-electron chi connectivity index (χ3n) is 2.17. The van der Waals surface area contributed by atoms with Gasteiger partial charge < -0.3 is 0 Å². The van der Waals surface area contributed by atoms with Gasteiger partial charge >= 0.3 is 0 Å². The number of hydrogen-bond donors (Lipinski definition) is 1. The van der Waals surface area contributed by atoms with Gasteiger partial charge in [-0.1, -0.05) is 25.4 Å². The molecule has 0 aliphatic heterocycles. The summed E-state index contributed by atoms with van der Waals surface area (Å²) in [5.41, 5.74) is 1.12. The molecule has 0 bridgehead atoms. The zero-order chi connectivity index (χ0) is 13.1. The van der Waals surface area contributed by atoms with Crippen LogP contribution in [-0.2, 0) is 0 Å². The Morgan fingerprint density at radius 1 is 1.39 bits per heavy atom. The summed E-state index contributed by atoms with van der Waals surface area (Å²) in [5, 5.41) is 5.32. The first-order valence-electron chi connectivity index (χ1n) is 5.30. The monoisotopic (exact) mass is 282 g/mol. The van der Waals surface area contributed by atoms with Crippen molar-refractivity contribution in [3.05, 3.63) is 34.3 Å². The number of nitrogens with one attached hydrogen (secondary N) is 1. The minimum absolute atomic E-state index is 0.170. The van der Waals surface area contributed by atoms with Crippen LogP contribution in [0.3, 0.4) is 0 Å². The fourth-order valence-corrected chi connectivity index (χ4v) is 2.24. The molecule has 2 heterocycles. The molecule has 0 spiro atoms. The van der Waals surface area contributed by atoms with Gasteiger partial charge in [-0.25, -0.2) is 9.97 Å². The number of thiazole rings is 1. The lowest BCUT2D eigenvalue weighted by Gasteiger charge is -2.01. The van der Waals surface area contributed by atoms with E-state index in [-0.39, 0.29) is 16.8 Å². The van der Waals surface area contributed by atoms with Crippen LogP contribution in [0.5, 0.6) is 0 Å². The number of anilines is 1. The molecule has 2 rings (SSSR count). The number of nitrogens with zero attached hydrogens (tertiary/aromatic N) is 3. The van der Waals surface area contributed by atoms with E-state index in [4.69, 9.17) is 11.6 Å². The molecule has 0 radical (unpaired) electrons. The second-order valence-corrected chi connectivity index (χ2v) is 5.16. The summed E-state index contributed by atoms with van der Waals surface area (Å²) in [5.74, 6) is -0.0347. The molecular weight excluding hydrogens is 272 g/mol. The van der Waals surface area contributed by atoms with Crippen LogP contribution in [0, 0.1) is 0 Å². The summed E-state index contributed by atoms with van der Waals surface area (Å²) >= 11 is 7.05. The highest BCUT2D eigenvalue weighted by atomic mass is 35.5. The topological polar surface area (TPSA) is 67.8 Å². The van der Waals surface area contributed by atoms with Gasteiger partial charge in [-0.2, -0.15) is 0 Å². The zero-order valence-corrected chi connectivity index (χ0v) is 11.4. The summed E-state index contributed by atoms with van der Waals surface area (Å²) in [6.45, 7) is 4.09. The van der Waals surface area contributed by atoms with E-state index in [0.717, 1.165) is 5.69 Å². The van der Waals surface area contributed by atoms with Gasteiger partial charge in [-0.15, -0.1) is 11.3 Å². The summed E-state index contributed by atoms with van der Waals surface area (Å²) < 4.78 is 0. The Hall–Kier alpha value is -1.53. The van der Waals surface area contributed by atoms with Crippen molar-refractivity contribution in [2.75, 3.05) is 5.32 Å². The van der Waals surface area contributed by atoms with Gasteiger partial charge in [0.2, 0.25) is 0 Å².